The highest BCUT2D eigenvalue weighted by Gasteiger charge is 2.02. The fourth-order valence-corrected chi connectivity index (χ4v) is 0.885. The van der Waals surface area contributed by atoms with Crippen LogP contribution in [-0.4, -0.2) is 17.9 Å². The number of rotatable bonds is 1. The van der Waals surface area contributed by atoms with E-state index in [0.717, 1.165) is 0 Å². The van der Waals surface area contributed by atoms with E-state index in [1.807, 2.05) is 0 Å². The molecule has 5 nitrogen and oxygen atoms in total. The lowest BCUT2D eigenvalue weighted by molar-refractivity contribution is -0.156. The molecule has 0 aliphatic rings. The van der Waals surface area contributed by atoms with Crippen molar-refractivity contribution < 1.29 is 28.2 Å². The molecule has 0 spiro atoms. The van der Waals surface area contributed by atoms with Gasteiger partial charge in [-0.2, -0.15) is 0 Å². The van der Waals surface area contributed by atoms with E-state index in [0.29, 0.717) is 0 Å². The molecule has 0 N–H and O–H groups in total. The second-order valence-electron chi connectivity index (χ2n) is 3.11. The fourth-order valence-electron chi connectivity index (χ4n) is 0.885. The molecule has 98 valence electrons. The number of ether oxygens (including phenoxy) is 2. The highest BCUT2D eigenvalue weighted by atomic mass is 19.1. The summed E-state index contributed by atoms with van der Waals surface area (Å²) in [6, 6.07) is 5.76. The first kappa shape index (κ1) is 15.8. The number of carbonyl (C=O) groups excluding carboxylic acids is 3. The molecule has 6 heteroatoms. The second-order valence-corrected chi connectivity index (χ2v) is 3.11. The minimum Gasteiger partial charge on any atom is -0.424 e. The van der Waals surface area contributed by atoms with Crippen LogP contribution in [0.5, 0.6) is 5.75 Å². The van der Waals surface area contributed by atoms with E-state index in [-0.39, 0.29) is 5.75 Å². The van der Waals surface area contributed by atoms with Gasteiger partial charge in [0.15, 0.2) is 11.6 Å². The first-order chi connectivity index (χ1) is 8.32. The molecular formula is C12H13FO5. The summed E-state index contributed by atoms with van der Waals surface area (Å²) in [5.74, 6) is -2.20. The zero-order valence-electron chi connectivity index (χ0n) is 10.2. The van der Waals surface area contributed by atoms with Crippen LogP contribution >= 0.6 is 0 Å². The largest absolute Gasteiger partial charge is 0.424 e. The molecule has 0 aliphatic carbocycles. The normalized spacial score (nSPS) is 8.67. The Morgan fingerprint density at radius 3 is 1.78 bits per heavy atom. The van der Waals surface area contributed by atoms with Crippen LogP contribution in [-0.2, 0) is 19.1 Å². The Balaban J connectivity index is 0.000000360. The van der Waals surface area contributed by atoms with Gasteiger partial charge in [0.05, 0.1) is 0 Å². The van der Waals surface area contributed by atoms with E-state index in [1.165, 1.54) is 39.0 Å². The predicted molar refractivity (Wildman–Crippen MR) is 60.2 cm³/mol. The Kier molecular flexibility index (Phi) is 6.95. The maximum Gasteiger partial charge on any atom is 0.310 e. The number of esters is 3. The molecule has 0 amide bonds. The first-order valence-electron chi connectivity index (χ1n) is 4.95. The number of carbonyl (C=O) groups is 3. The molecule has 0 fully saturated rings. The average molecular weight is 256 g/mol. The Labute approximate surface area is 104 Å². The molecule has 0 bridgehead atoms. The third-order valence-electron chi connectivity index (χ3n) is 1.38. The number of benzene rings is 1. The van der Waals surface area contributed by atoms with Gasteiger partial charge in [0.1, 0.15) is 0 Å². The first-order valence-corrected chi connectivity index (χ1v) is 4.95. The van der Waals surface area contributed by atoms with Crippen molar-refractivity contribution in [3.8, 4) is 5.75 Å². The van der Waals surface area contributed by atoms with E-state index >= 15 is 0 Å². The lowest BCUT2D eigenvalue weighted by atomic mass is 10.3. The van der Waals surface area contributed by atoms with Gasteiger partial charge in [-0.1, -0.05) is 12.1 Å². The molecule has 1 aromatic rings. The van der Waals surface area contributed by atoms with Crippen molar-refractivity contribution in [3.63, 3.8) is 0 Å². The van der Waals surface area contributed by atoms with Crippen LogP contribution in [0.4, 0.5) is 4.39 Å². The zero-order chi connectivity index (χ0) is 14.1. The van der Waals surface area contributed by atoms with E-state index in [9.17, 15) is 18.8 Å². The summed E-state index contributed by atoms with van der Waals surface area (Å²) in [6.45, 7) is 3.59. The Hall–Kier alpha value is -2.24. The SMILES string of the molecule is CC(=O)OC(C)=O.CC(=O)Oc1ccccc1F. The summed E-state index contributed by atoms with van der Waals surface area (Å²) >= 11 is 0. The molecule has 0 unspecified atom stereocenters. The fraction of sp³-hybridized carbons (Fsp3) is 0.250. The molecule has 0 radical (unpaired) electrons. The van der Waals surface area contributed by atoms with Crippen LogP contribution in [0.1, 0.15) is 20.8 Å². The van der Waals surface area contributed by atoms with Gasteiger partial charge in [-0.15, -0.1) is 0 Å². The summed E-state index contributed by atoms with van der Waals surface area (Å²) in [5, 5.41) is 0. The van der Waals surface area contributed by atoms with E-state index in [2.05, 4.69) is 9.47 Å². The topological polar surface area (TPSA) is 69.7 Å². The summed E-state index contributed by atoms with van der Waals surface area (Å²) < 4.78 is 21.2. The van der Waals surface area contributed by atoms with E-state index < -0.39 is 23.7 Å². The molecule has 0 aromatic heterocycles. The molecule has 1 rings (SSSR count). The number of halogens is 1. The average Bonchev–Trinajstić information content (AvgIpc) is 2.19. The van der Waals surface area contributed by atoms with Crippen LogP contribution in [0.3, 0.4) is 0 Å². The maximum atomic E-state index is 12.7. The highest BCUT2D eigenvalue weighted by Crippen LogP contribution is 2.14. The van der Waals surface area contributed by atoms with Crippen molar-refractivity contribution in [2.75, 3.05) is 0 Å². The van der Waals surface area contributed by atoms with Crippen molar-refractivity contribution in [1.82, 2.24) is 0 Å². The Bertz CT molecular complexity index is 430. The molecule has 0 heterocycles. The molecule has 0 aliphatic heterocycles. The third kappa shape index (κ3) is 7.98. The van der Waals surface area contributed by atoms with Gasteiger partial charge in [-0.25, -0.2) is 4.39 Å². The van der Waals surface area contributed by atoms with Gasteiger partial charge >= 0.3 is 17.9 Å². The van der Waals surface area contributed by atoms with Crippen LogP contribution in [0.25, 0.3) is 0 Å². The lowest BCUT2D eigenvalue weighted by Gasteiger charge is -2.00. The van der Waals surface area contributed by atoms with Crippen molar-refractivity contribution in [1.29, 1.82) is 0 Å². The third-order valence-corrected chi connectivity index (χ3v) is 1.38. The van der Waals surface area contributed by atoms with Crippen molar-refractivity contribution in [3.05, 3.63) is 30.1 Å². The van der Waals surface area contributed by atoms with Gasteiger partial charge in [0.25, 0.3) is 0 Å². The zero-order valence-corrected chi connectivity index (χ0v) is 10.2. The standard InChI is InChI=1S/C8H7FO2.C4H6O3/c1-6(10)11-8-5-3-2-4-7(8)9;1-3(5)7-4(2)6/h2-5H,1H3;1-2H3. The minimum atomic E-state index is -0.562. The van der Waals surface area contributed by atoms with Gasteiger partial charge in [-0.05, 0) is 12.1 Å². The highest BCUT2D eigenvalue weighted by molar-refractivity contribution is 5.82. The number of hydrogen-bond acceptors (Lipinski definition) is 5. The summed E-state index contributed by atoms with van der Waals surface area (Å²) in [6.07, 6.45) is 0. The predicted octanol–water partition coefficient (Wildman–Crippen LogP) is 1.85. The quantitative estimate of drug-likeness (QED) is 0.435. The summed E-state index contributed by atoms with van der Waals surface area (Å²) in [4.78, 5) is 30.0. The molecule has 0 saturated heterocycles. The monoisotopic (exact) mass is 256 g/mol. The molecule has 0 saturated carbocycles. The van der Waals surface area contributed by atoms with Gasteiger partial charge in [-0.3, -0.25) is 14.4 Å². The van der Waals surface area contributed by atoms with E-state index in [1.54, 1.807) is 6.07 Å². The van der Waals surface area contributed by atoms with Crippen molar-refractivity contribution >= 4 is 17.9 Å². The minimum absolute atomic E-state index is 0.0278. The van der Waals surface area contributed by atoms with Gasteiger partial charge in [0, 0.05) is 20.8 Å². The molecule has 1 aromatic carbocycles. The Morgan fingerprint density at radius 1 is 0.944 bits per heavy atom. The van der Waals surface area contributed by atoms with Crippen LogP contribution in [0, 0.1) is 5.82 Å². The van der Waals surface area contributed by atoms with Gasteiger partial charge in [0.2, 0.25) is 0 Å². The molecule has 0 atom stereocenters. The summed E-state index contributed by atoms with van der Waals surface area (Å²) in [5.41, 5.74) is 0. The van der Waals surface area contributed by atoms with Crippen LogP contribution in [0.2, 0.25) is 0 Å². The maximum absolute atomic E-state index is 12.7. The van der Waals surface area contributed by atoms with E-state index in [4.69, 9.17) is 0 Å². The second kappa shape index (κ2) is 7.94. The van der Waals surface area contributed by atoms with Crippen LogP contribution < -0.4 is 4.74 Å². The van der Waals surface area contributed by atoms with Gasteiger partial charge < -0.3 is 9.47 Å². The summed E-state index contributed by atoms with van der Waals surface area (Å²) in [7, 11) is 0. The number of hydrogen-bond donors (Lipinski definition) is 0. The Morgan fingerprint density at radius 2 is 1.44 bits per heavy atom. The van der Waals surface area contributed by atoms with Crippen LogP contribution in [0.15, 0.2) is 24.3 Å². The van der Waals surface area contributed by atoms with Crippen molar-refractivity contribution in [2.24, 2.45) is 0 Å². The van der Waals surface area contributed by atoms with Crippen molar-refractivity contribution in [2.45, 2.75) is 20.8 Å². The smallest absolute Gasteiger partial charge is 0.310 e. The molecular weight excluding hydrogens is 243 g/mol. The lowest BCUT2D eigenvalue weighted by Crippen LogP contribution is -2.03. The molecule has 18 heavy (non-hydrogen) atoms. The number of para-hydroxylation sites is 1.